The van der Waals surface area contributed by atoms with Gasteiger partial charge in [0.25, 0.3) is 0 Å². The molecular weight excluding hydrogens is 279 g/mol. The van der Waals surface area contributed by atoms with Gasteiger partial charge in [-0.3, -0.25) is 4.90 Å². The van der Waals surface area contributed by atoms with Gasteiger partial charge in [0.1, 0.15) is 0 Å². The van der Waals surface area contributed by atoms with E-state index in [1.807, 2.05) is 13.8 Å². The number of aliphatic hydroxyl groups excluding tert-OH is 1. The van der Waals surface area contributed by atoms with E-state index in [-0.39, 0.29) is 5.54 Å². The number of nitrogens with zero attached hydrogens (tertiary/aromatic N) is 1. The maximum absolute atomic E-state index is 12.5. The molecule has 2 rings (SSSR count). The number of likely N-dealkylation sites (tertiary alicyclic amines) is 1. The summed E-state index contributed by atoms with van der Waals surface area (Å²) in [4.78, 5) is 2.25. The SMILES string of the molecule is CC(C)(C(O)Cc1ccc(C(F)(F)F)cc1)N1CCCC1. The van der Waals surface area contributed by atoms with Crippen molar-refractivity contribution in [3.05, 3.63) is 35.4 Å². The number of rotatable bonds is 4. The fraction of sp³-hybridized carbons (Fsp3) is 0.625. The molecule has 2 nitrogen and oxygen atoms in total. The molecule has 0 radical (unpaired) electrons. The van der Waals surface area contributed by atoms with Gasteiger partial charge in [-0.15, -0.1) is 0 Å². The fourth-order valence-corrected chi connectivity index (χ4v) is 2.81. The average Bonchev–Trinajstić information content (AvgIpc) is 2.92. The molecule has 0 amide bonds. The van der Waals surface area contributed by atoms with Crippen LogP contribution in [-0.4, -0.2) is 34.7 Å². The highest BCUT2D eigenvalue weighted by Crippen LogP contribution is 2.30. The Labute approximate surface area is 123 Å². The Morgan fingerprint density at radius 1 is 1.10 bits per heavy atom. The van der Waals surface area contributed by atoms with Crippen molar-refractivity contribution >= 4 is 0 Å². The molecule has 1 unspecified atom stereocenters. The van der Waals surface area contributed by atoms with E-state index >= 15 is 0 Å². The third kappa shape index (κ3) is 3.77. The smallest absolute Gasteiger partial charge is 0.391 e. The molecule has 1 aromatic carbocycles. The quantitative estimate of drug-likeness (QED) is 0.920. The molecule has 0 bridgehead atoms. The summed E-state index contributed by atoms with van der Waals surface area (Å²) < 4.78 is 37.6. The van der Waals surface area contributed by atoms with Crippen molar-refractivity contribution in [3.8, 4) is 0 Å². The number of hydrogen-bond donors (Lipinski definition) is 1. The Morgan fingerprint density at radius 3 is 2.10 bits per heavy atom. The lowest BCUT2D eigenvalue weighted by atomic mass is 9.90. The third-order valence-electron chi connectivity index (χ3n) is 4.45. The molecule has 118 valence electrons. The highest BCUT2D eigenvalue weighted by Gasteiger charge is 2.36. The normalized spacial score (nSPS) is 19.0. The van der Waals surface area contributed by atoms with Crippen molar-refractivity contribution in [3.63, 3.8) is 0 Å². The summed E-state index contributed by atoms with van der Waals surface area (Å²) in [6.45, 7) is 5.92. The van der Waals surface area contributed by atoms with Gasteiger partial charge in [0.15, 0.2) is 0 Å². The van der Waals surface area contributed by atoms with Gasteiger partial charge in [-0.1, -0.05) is 12.1 Å². The van der Waals surface area contributed by atoms with Crippen LogP contribution in [0.15, 0.2) is 24.3 Å². The molecule has 1 N–H and O–H groups in total. The fourth-order valence-electron chi connectivity index (χ4n) is 2.81. The molecule has 0 saturated carbocycles. The van der Waals surface area contributed by atoms with E-state index in [0.29, 0.717) is 6.42 Å². The van der Waals surface area contributed by atoms with Crippen LogP contribution in [-0.2, 0) is 12.6 Å². The van der Waals surface area contributed by atoms with Crippen LogP contribution in [0.25, 0.3) is 0 Å². The number of alkyl halides is 3. The molecule has 21 heavy (non-hydrogen) atoms. The van der Waals surface area contributed by atoms with Crippen LogP contribution < -0.4 is 0 Å². The van der Waals surface area contributed by atoms with E-state index in [0.717, 1.165) is 43.6 Å². The molecule has 1 saturated heterocycles. The van der Waals surface area contributed by atoms with E-state index < -0.39 is 17.8 Å². The van der Waals surface area contributed by atoms with Gasteiger partial charge >= 0.3 is 6.18 Å². The lowest BCUT2D eigenvalue weighted by molar-refractivity contribution is -0.137. The van der Waals surface area contributed by atoms with Crippen LogP contribution in [0, 0.1) is 0 Å². The molecule has 5 heteroatoms. The first-order valence-electron chi connectivity index (χ1n) is 7.30. The van der Waals surface area contributed by atoms with Crippen molar-refractivity contribution in [1.82, 2.24) is 4.90 Å². The maximum Gasteiger partial charge on any atom is 0.416 e. The van der Waals surface area contributed by atoms with Crippen LogP contribution in [0.5, 0.6) is 0 Å². The summed E-state index contributed by atoms with van der Waals surface area (Å²) in [7, 11) is 0. The summed E-state index contributed by atoms with van der Waals surface area (Å²) in [5.41, 5.74) is -0.290. The minimum absolute atomic E-state index is 0.362. The molecule has 1 aliphatic heterocycles. The van der Waals surface area contributed by atoms with Gasteiger partial charge in [-0.25, -0.2) is 0 Å². The lowest BCUT2D eigenvalue weighted by Gasteiger charge is -2.39. The molecule has 1 aromatic rings. The minimum atomic E-state index is -4.31. The average molecular weight is 301 g/mol. The molecular formula is C16H22F3NO. The molecule has 1 aliphatic rings. The summed E-state index contributed by atoms with van der Waals surface area (Å²) >= 11 is 0. The highest BCUT2D eigenvalue weighted by atomic mass is 19.4. The molecule has 0 aromatic heterocycles. The second-order valence-corrected chi connectivity index (χ2v) is 6.26. The van der Waals surface area contributed by atoms with Crippen molar-refractivity contribution in [2.75, 3.05) is 13.1 Å². The van der Waals surface area contributed by atoms with Crippen LogP contribution in [0.2, 0.25) is 0 Å². The van der Waals surface area contributed by atoms with E-state index in [4.69, 9.17) is 0 Å². The van der Waals surface area contributed by atoms with Crippen LogP contribution in [0.3, 0.4) is 0 Å². The molecule has 1 heterocycles. The Kier molecular flexibility index (Phi) is 4.63. The monoisotopic (exact) mass is 301 g/mol. The number of halogens is 3. The number of hydrogen-bond acceptors (Lipinski definition) is 2. The first-order valence-corrected chi connectivity index (χ1v) is 7.30. The van der Waals surface area contributed by atoms with Crippen LogP contribution in [0.4, 0.5) is 13.2 Å². The van der Waals surface area contributed by atoms with Crippen LogP contribution in [0.1, 0.15) is 37.8 Å². The molecule has 1 atom stereocenters. The summed E-state index contributed by atoms with van der Waals surface area (Å²) in [5, 5.41) is 10.5. The Hall–Kier alpha value is -1.07. The summed E-state index contributed by atoms with van der Waals surface area (Å²) in [6.07, 6.45) is -2.28. The first kappa shape index (κ1) is 16.3. The largest absolute Gasteiger partial charge is 0.416 e. The third-order valence-corrected chi connectivity index (χ3v) is 4.45. The van der Waals surface area contributed by atoms with E-state index in [9.17, 15) is 18.3 Å². The van der Waals surface area contributed by atoms with Crippen molar-refractivity contribution < 1.29 is 18.3 Å². The van der Waals surface area contributed by atoms with Gasteiger partial charge in [0.05, 0.1) is 11.7 Å². The summed E-state index contributed by atoms with van der Waals surface area (Å²) in [5.74, 6) is 0. The molecule has 1 fully saturated rings. The topological polar surface area (TPSA) is 23.5 Å². The minimum Gasteiger partial charge on any atom is -0.391 e. The van der Waals surface area contributed by atoms with Crippen molar-refractivity contribution in [2.45, 2.75) is 50.9 Å². The van der Waals surface area contributed by atoms with Gasteiger partial charge in [-0.05, 0) is 57.5 Å². The van der Waals surface area contributed by atoms with Crippen molar-refractivity contribution in [2.24, 2.45) is 0 Å². The standard InChI is InChI=1S/C16H22F3NO/c1-15(2,20-9-3-4-10-20)14(21)11-12-5-7-13(8-6-12)16(17,18)19/h5-8,14,21H,3-4,9-11H2,1-2H3. The Morgan fingerprint density at radius 2 is 1.62 bits per heavy atom. The van der Waals surface area contributed by atoms with Gasteiger partial charge in [-0.2, -0.15) is 13.2 Å². The predicted octanol–water partition coefficient (Wildman–Crippen LogP) is 3.48. The van der Waals surface area contributed by atoms with E-state index in [1.165, 1.54) is 12.1 Å². The van der Waals surface area contributed by atoms with E-state index in [1.54, 1.807) is 0 Å². The number of benzene rings is 1. The summed E-state index contributed by atoms with van der Waals surface area (Å²) in [6, 6.07) is 5.05. The zero-order valence-corrected chi connectivity index (χ0v) is 12.5. The predicted molar refractivity (Wildman–Crippen MR) is 76.0 cm³/mol. The number of aliphatic hydroxyl groups is 1. The zero-order valence-electron chi connectivity index (χ0n) is 12.5. The Balaban J connectivity index is 2.03. The Bertz CT molecular complexity index is 461. The van der Waals surface area contributed by atoms with E-state index in [2.05, 4.69) is 4.90 Å². The van der Waals surface area contributed by atoms with Gasteiger partial charge in [0.2, 0.25) is 0 Å². The second-order valence-electron chi connectivity index (χ2n) is 6.26. The maximum atomic E-state index is 12.5. The van der Waals surface area contributed by atoms with Gasteiger partial charge < -0.3 is 5.11 Å². The first-order chi connectivity index (χ1) is 9.71. The highest BCUT2D eigenvalue weighted by molar-refractivity contribution is 5.25. The zero-order chi connectivity index (χ0) is 15.7. The van der Waals surface area contributed by atoms with Crippen molar-refractivity contribution in [1.29, 1.82) is 0 Å². The molecule has 0 aliphatic carbocycles. The second kappa shape index (κ2) is 5.97. The van der Waals surface area contributed by atoms with Crippen LogP contribution >= 0.6 is 0 Å². The van der Waals surface area contributed by atoms with Gasteiger partial charge in [0, 0.05) is 12.0 Å². The lowest BCUT2D eigenvalue weighted by Crippen LogP contribution is -2.51. The molecule has 0 spiro atoms.